The Morgan fingerprint density at radius 1 is 0.519 bits per heavy atom. The molecule has 2 aliphatic rings. The highest BCUT2D eigenvalue weighted by molar-refractivity contribution is 4.77. The molecule has 0 aliphatic heterocycles. The van der Waals surface area contributed by atoms with Crippen LogP contribution in [0.15, 0.2) is 0 Å². The zero-order valence-corrected chi connectivity index (χ0v) is 19.2. The van der Waals surface area contributed by atoms with Crippen molar-refractivity contribution in [3.05, 3.63) is 0 Å². The van der Waals surface area contributed by atoms with Crippen molar-refractivity contribution in [2.24, 2.45) is 23.7 Å². The Bertz CT molecular complexity index is 325. The van der Waals surface area contributed by atoms with E-state index in [4.69, 9.17) is 0 Å². The molecule has 0 heteroatoms. The van der Waals surface area contributed by atoms with E-state index in [-0.39, 0.29) is 0 Å². The van der Waals surface area contributed by atoms with E-state index in [9.17, 15) is 0 Å². The molecule has 160 valence electrons. The molecule has 0 N–H and O–H groups in total. The normalized spacial score (nSPS) is 33.1. The first kappa shape index (κ1) is 23.3. The largest absolute Gasteiger partial charge is 0.0654 e. The summed E-state index contributed by atoms with van der Waals surface area (Å²) in [5.74, 6) is 4.20. The van der Waals surface area contributed by atoms with Crippen LogP contribution < -0.4 is 0 Å². The van der Waals surface area contributed by atoms with Gasteiger partial charge in [-0.25, -0.2) is 0 Å². The zero-order chi connectivity index (χ0) is 19.2. The van der Waals surface area contributed by atoms with E-state index in [1.54, 1.807) is 32.1 Å². The van der Waals surface area contributed by atoms with E-state index >= 15 is 0 Å². The fourth-order valence-corrected chi connectivity index (χ4v) is 6.06. The van der Waals surface area contributed by atoms with E-state index in [0.29, 0.717) is 0 Å². The highest BCUT2D eigenvalue weighted by Crippen LogP contribution is 2.38. The highest BCUT2D eigenvalue weighted by atomic mass is 14.3. The predicted molar refractivity (Wildman–Crippen MR) is 122 cm³/mol. The van der Waals surface area contributed by atoms with Gasteiger partial charge in [-0.2, -0.15) is 0 Å². The molecule has 2 unspecified atom stereocenters. The van der Waals surface area contributed by atoms with Crippen molar-refractivity contribution in [2.45, 2.75) is 149 Å². The molecule has 0 radical (unpaired) electrons. The van der Waals surface area contributed by atoms with Gasteiger partial charge in [-0.3, -0.25) is 0 Å². The molecular weight excluding hydrogens is 324 g/mol. The Kier molecular flexibility index (Phi) is 12.9. The summed E-state index contributed by atoms with van der Waals surface area (Å²) in [6, 6.07) is 0. The lowest BCUT2D eigenvalue weighted by Crippen LogP contribution is -2.21. The average molecular weight is 377 g/mol. The smallest absolute Gasteiger partial charge is 0.0386 e. The van der Waals surface area contributed by atoms with Gasteiger partial charge in [0.15, 0.2) is 0 Å². The molecule has 0 spiro atoms. The van der Waals surface area contributed by atoms with Crippen LogP contribution in [0.3, 0.4) is 0 Å². The fourth-order valence-electron chi connectivity index (χ4n) is 6.06. The Morgan fingerprint density at radius 2 is 1.04 bits per heavy atom. The van der Waals surface area contributed by atoms with E-state index in [2.05, 4.69) is 13.8 Å². The SMILES string of the molecule is CCCCCC1CCCCCCCCCCC(C2CCC(C)CC2)CCC1. The minimum atomic E-state index is 1.01. The van der Waals surface area contributed by atoms with Crippen LogP contribution in [-0.4, -0.2) is 0 Å². The fraction of sp³-hybridized carbons (Fsp3) is 1.00. The first-order valence-corrected chi connectivity index (χ1v) is 13.3. The van der Waals surface area contributed by atoms with Crippen LogP contribution in [0.25, 0.3) is 0 Å². The van der Waals surface area contributed by atoms with Gasteiger partial charge >= 0.3 is 0 Å². The third kappa shape index (κ3) is 10.4. The minimum Gasteiger partial charge on any atom is -0.0654 e. The Morgan fingerprint density at radius 3 is 1.70 bits per heavy atom. The molecule has 0 amide bonds. The molecule has 0 aromatic carbocycles. The Hall–Kier alpha value is 0. The van der Waals surface area contributed by atoms with Gasteiger partial charge in [0.05, 0.1) is 0 Å². The second kappa shape index (κ2) is 14.9. The minimum absolute atomic E-state index is 1.01. The third-order valence-electron chi connectivity index (χ3n) is 8.07. The summed E-state index contributed by atoms with van der Waals surface area (Å²) in [6.07, 6.45) is 31.8. The molecular formula is C27H52. The van der Waals surface area contributed by atoms with Gasteiger partial charge in [-0.1, -0.05) is 136 Å². The molecule has 27 heavy (non-hydrogen) atoms. The molecule has 2 fully saturated rings. The number of unbranched alkanes of at least 4 members (excludes halogenated alkanes) is 2. The molecule has 0 aromatic heterocycles. The van der Waals surface area contributed by atoms with Crippen LogP contribution in [-0.2, 0) is 0 Å². The summed E-state index contributed by atoms with van der Waals surface area (Å²) < 4.78 is 0. The van der Waals surface area contributed by atoms with E-state index in [0.717, 1.165) is 23.7 Å². The lowest BCUT2D eigenvalue weighted by molar-refractivity contribution is 0.184. The standard InChI is InChI=1S/C27H52/c1-3-4-11-15-25-16-12-9-7-5-6-8-10-13-18-26(19-14-17-25)27-22-20-24(2)21-23-27/h24-27H,3-23H2,1-2H3. The second-order valence-electron chi connectivity index (χ2n) is 10.5. The van der Waals surface area contributed by atoms with Crippen LogP contribution in [0.5, 0.6) is 0 Å². The van der Waals surface area contributed by atoms with Crippen molar-refractivity contribution in [3.8, 4) is 0 Å². The van der Waals surface area contributed by atoms with E-state index < -0.39 is 0 Å². The van der Waals surface area contributed by atoms with Gasteiger partial charge < -0.3 is 0 Å². The van der Waals surface area contributed by atoms with Gasteiger partial charge in [0.25, 0.3) is 0 Å². The van der Waals surface area contributed by atoms with Gasteiger partial charge in [0.2, 0.25) is 0 Å². The average Bonchev–Trinajstić information content (AvgIpc) is 2.68. The summed E-state index contributed by atoms with van der Waals surface area (Å²) in [4.78, 5) is 0. The molecule has 0 heterocycles. The lowest BCUT2D eigenvalue weighted by atomic mass is 9.73. The maximum Gasteiger partial charge on any atom is -0.0386 e. The van der Waals surface area contributed by atoms with Gasteiger partial charge in [0, 0.05) is 0 Å². The van der Waals surface area contributed by atoms with E-state index in [1.807, 2.05) is 0 Å². The first-order chi connectivity index (χ1) is 13.3. The molecule has 0 nitrogen and oxygen atoms in total. The van der Waals surface area contributed by atoms with Crippen molar-refractivity contribution < 1.29 is 0 Å². The molecule has 2 rings (SSSR count). The maximum atomic E-state index is 2.48. The van der Waals surface area contributed by atoms with Crippen molar-refractivity contribution in [1.29, 1.82) is 0 Å². The van der Waals surface area contributed by atoms with Crippen molar-refractivity contribution in [1.82, 2.24) is 0 Å². The molecule has 0 aromatic rings. The third-order valence-corrected chi connectivity index (χ3v) is 8.07. The first-order valence-electron chi connectivity index (χ1n) is 13.3. The monoisotopic (exact) mass is 376 g/mol. The maximum absolute atomic E-state index is 2.48. The topological polar surface area (TPSA) is 0 Å². The molecule has 0 saturated heterocycles. The lowest BCUT2D eigenvalue weighted by Gasteiger charge is -2.33. The van der Waals surface area contributed by atoms with Crippen LogP contribution in [0.2, 0.25) is 0 Å². The van der Waals surface area contributed by atoms with Crippen LogP contribution in [0, 0.1) is 23.7 Å². The number of hydrogen-bond donors (Lipinski definition) is 0. The summed E-state index contributed by atoms with van der Waals surface area (Å²) in [5.41, 5.74) is 0. The number of hydrogen-bond acceptors (Lipinski definition) is 0. The van der Waals surface area contributed by atoms with Gasteiger partial charge in [-0.05, 0) is 36.5 Å². The quantitative estimate of drug-likeness (QED) is 0.419. The number of rotatable bonds is 5. The molecule has 2 aliphatic carbocycles. The summed E-state index contributed by atoms with van der Waals surface area (Å²) in [6.45, 7) is 4.83. The highest BCUT2D eigenvalue weighted by Gasteiger charge is 2.25. The molecule has 2 saturated carbocycles. The molecule has 0 bridgehead atoms. The summed E-state index contributed by atoms with van der Waals surface area (Å²) in [7, 11) is 0. The Labute approximate surface area is 172 Å². The van der Waals surface area contributed by atoms with Crippen LogP contribution in [0.1, 0.15) is 149 Å². The summed E-state index contributed by atoms with van der Waals surface area (Å²) in [5, 5.41) is 0. The van der Waals surface area contributed by atoms with Crippen molar-refractivity contribution >= 4 is 0 Å². The Balaban J connectivity index is 1.84. The summed E-state index contributed by atoms with van der Waals surface area (Å²) >= 11 is 0. The van der Waals surface area contributed by atoms with E-state index in [1.165, 1.54) is 103 Å². The molecule has 2 atom stereocenters. The second-order valence-corrected chi connectivity index (χ2v) is 10.5. The van der Waals surface area contributed by atoms with Crippen LogP contribution in [0.4, 0.5) is 0 Å². The predicted octanol–water partition coefficient (Wildman–Crippen LogP) is 9.71. The van der Waals surface area contributed by atoms with Crippen molar-refractivity contribution in [2.75, 3.05) is 0 Å². The van der Waals surface area contributed by atoms with Crippen molar-refractivity contribution in [3.63, 3.8) is 0 Å². The zero-order valence-electron chi connectivity index (χ0n) is 19.2. The van der Waals surface area contributed by atoms with Crippen LogP contribution >= 0.6 is 0 Å². The van der Waals surface area contributed by atoms with Gasteiger partial charge in [-0.15, -0.1) is 0 Å². The van der Waals surface area contributed by atoms with Gasteiger partial charge in [0.1, 0.15) is 0 Å².